The van der Waals surface area contributed by atoms with Crippen molar-refractivity contribution in [2.75, 3.05) is 24.5 Å². The minimum Gasteiger partial charge on any atom is -0.354 e. The Bertz CT molecular complexity index is 744. The summed E-state index contributed by atoms with van der Waals surface area (Å²) in [6, 6.07) is 2.01. The Morgan fingerprint density at radius 3 is 3.05 bits per heavy atom. The molecule has 4 rings (SSSR count). The summed E-state index contributed by atoms with van der Waals surface area (Å²) in [6.45, 7) is 2.66. The molecule has 0 unspecified atom stereocenters. The van der Waals surface area contributed by atoms with Gasteiger partial charge in [0.05, 0.1) is 10.9 Å². The second kappa shape index (κ2) is 5.06. The summed E-state index contributed by atoms with van der Waals surface area (Å²) >= 11 is 0. The molecule has 114 valence electrons. The lowest BCUT2D eigenvalue weighted by molar-refractivity contribution is -0.144. The second-order valence-electron chi connectivity index (χ2n) is 6.04. The molecule has 4 heterocycles. The predicted octanol–water partition coefficient (Wildman–Crippen LogP) is 1.47. The number of carbonyl (C=O) groups is 1. The van der Waals surface area contributed by atoms with Crippen LogP contribution in [0.25, 0.3) is 11.0 Å². The molecule has 6 nitrogen and oxygen atoms in total. The Hall–Kier alpha value is -1.94. The summed E-state index contributed by atoms with van der Waals surface area (Å²) in [5.41, 5.74) is 0.862. The second-order valence-corrected chi connectivity index (χ2v) is 6.44. The van der Waals surface area contributed by atoms with Crippen LogP contribution in [0.15, 0.2) is 18.6 Å². The van der Waals surface area contributed by atoms with Crippen LogP contribution in [0.2, 0.25) is 0 Å². The first-order chi connectivity index (χ1) is 10.7. The Kier molecular flexibility index (Phi) is 3.15. The van der Waals surface area contributed by atoms with Gasteiger partial charge in [-0.3, -0.25) is 4.79 Å². The maximum Gasteiger partial charge on any atom is 0.227 e. The fraction of sp³-hybridized carbons (Fsp3) is 0.467. The molecule has 7 heteroatoms. The first-order valence-corrected chi connectivity index (χ1v) is 8.14. The van der Waals surface area contributed by atoms with Gasteiger partial charge in [0.15, 0.2) is 0 Å². The van der Waals surface area contributed by atoms with Crippen molar-refractivity contribution in [2.24, 2.45) is 0 Å². The summed E-state index contributed by atoms with van der Waals surface area (Å²) in [4.78, 5) is 28.4. The van der Waals surface area contributed by atoms with Gasteiger partial charge in [-0.1, -0.05) is 5.80 Å². The molecule has 2 aromatic heterocycles. The Labute approximate surface area is 130 Å². The highest BCUT2D eigenvalue weighted by molar-refractivity contribution is 7.18. The number of hydrogen-bond acceptors (Lipinski definition) is 4. The van der Waals surface area contributed by atoms with Crippen LogP contribution >= 0.6 is 8.86 Å². The van der Waals surface area contributed by atoms with Crippen LogP contribution in [0.4, 0.5) is 5.82 Å². The van der Waals surface area contributed by atoms with Gasteiger partial charge in [0.1, 0.15) is 17.8 Å². The smallest absolute Gasteiger partial charge is 0.227 e. The molecule has 2 fully saturated rings. The van der Waals surface area contributed by atoms with Gasteiger partial charge in [0.25, 0.3) is 0 Å². The molecule has 2 aromatic rings. The van der Waals surface area contributed by atoms with Crippen molar-refractivity contribution in [1.29, 1.82) is 0 Å². The van der Waals surface area contributed by atoms with Crippen LogP contribution < -0.4 is 4.90 Å². The monoisotopic (exact) mass is 315 g/mol. The molecule has 1 amide bonds. The fourth-order valence-electron chi connectivity index (χ4n) is 3.70. The highest BCUT2D eigenvalue weighted by Crippen LogP contribution is 2.41. The van der Waals surface area contributed by atoms with Crippen molar-refractivity contribution in [3.8, 4) is 0 Å². The zero-order valence-electron chi connectivity index (χ0n) is 12.2. The number of amides is 1. The van der Waals surface area contributed by atoms with Gasteiger partial charge >= 0.3 is 0 Å². The predicted molar refractivity (Wildman–Crippen MR) is 88.8 cm³/mol. The number of fused-ring (bicyclic) bond motifs is 1. The quantitative estimate of drug-likeness (QED) is 0.871. The van der Waals surface area contributed by atoms with Gasteiger partial charge in [-0.25, -0.2) is 9.97 Å². The molecular weight excluding hydrogens is 297 g/mol. The summed E-state index contributed by atoms with van der Waals surface area (Å²) < 4.78 is 0. The van der Waals surface area contributed by atoms with Crippen molar-refractivity contribution in [3.63, 3.8) is 0 Å². The van der Waals surface area contributed by atoms with E-state index in [1.165, 1.54) is 0 Å². The van der Waals surface area contributed by atoms with E-state index in [1.807, 2.05) is 17.2 Å². The number of rotatable bonds is 3. The van der Waals surface area contributed by atoms with E-state index in [1.54, 1.807) is 12.1 Å². The van der Waals surface area contributed by atoms with Crippen molar-refractivity contribution in [2.45, 2.75) is 24.8 Å². The number of likely N-dealkylation sites (tertiary alicyclic amines) is 1. The van der Waals surface area contributed by atoms with Crippen LogP contribution in [-0.2, 0) is 4.79 Å². The van der Waals surface area contributed by atoms with Crippen molar-refractivity contribution in [3.05, 3.63) is 18.6 Å². The topological polar surface area (TPSA) is 65.1 Å². The Morgan fingerprint density at radius 1 is 1.41 bits per heavy atom. The van der Waals surface area contributed by atoms with Crippen LogP contribution in [-0.4, -0.2) is 56.7 Å². The standard InChI is InChI=1S/C15H18N5OP/c21-12(2-8-22)20-7-4-15(20)3-6-19(9-15)14-11-1-5-16-13(11)17-10-18-14/h1,5,8,10,22H,2-4,6-7,9H2,(H,16,17,18)/t15-/m1/s1. The van der Waals surface area contributed by atoms with Crippen LogP contribution in [0.5, 0.6) is 0 Å². The van der Waals surface area contributed by atoms with Crippen molar-refractivity contribution >= 4 is 37.4 Å². The van der Waals surface area contributed by atoms with Crippen LogP contribution in [0.3, 0.4) is 0 Å². The molecular formula is C15H18N5OP. The third kappa shape index (κ3) is 1.94. The van der Waals surface area contributed by atoms with Gasteiger partial charge in [-0.05, 0) is 18.9 Å². The number of aromatic amines is 1. The third-order valence-electron chi connectivity index (χ3n) is 4.92. The molecule has 0 aliphatic carbocycles. The number of nitrogens with zero attached hydrogens (tertiary/aromatic N) is 4. The van der Waals surface area contributed by atoms with E-state index in [2.05, 4.69) is 28.7 Å². The molecule has 2 saturated heterocycles. The lowest BCUT2D eigenvalue weighted by Gasteiger charge is -2.50. The summed E-state index contributed by atoms with van der Waals surface area (Å²) in [7, 11) is 3.28. The molecule has 0 saturated carbocycles. The molecule has 1 N–H and O–H groups in total. The maximum atomic E-state index is 12.2. The SMILES string of the molecule is O=C(CC=P)N1CC[C@@]12CCN(c1ncnc3[nH]ccc13)C2. The van der Waals surface area contributed by atoms with Crippen molar-refractivity contribution < 1.29 is 4.79 Å². The van der Waals surface area contributed by atoms with Crippen LogP contribution in [0, 0.1) is 0 Å². The normalized spacial score (nSPS) is 24.0. The number of nitrogens with one attached hydrogen (secondary N) is 1. The van der Waals surface area contributed by atoms with Gasteiger partial charge in [-0.15, -0.1) is 8.86 Å². The van der Waals surface area contributed by atoms with Gasteiger partial charge in [0.2, 0.25) is 5.91 Å². The zero-order chi connectivity index (χ0) is 15.2. The zero-order valence-corrected chi connectivity index (χ0v) is 13.2. The van der Waals surface area contributed by atoms with E-state index < -0.39 is 0 Å². The van der Waals surface area contributed by atoms with Crippen LogP contribution in [0.1, 0.15) is 19.3 Å². The molecule has 2 aliphatic rings. The van der Waals surface area contributed by atoms with E-state index in [-0.39, 0.29) is 11.4 Å². The lowest BCUT2D eigenvalue weighted by Crippen LogP contribution is -2.63. The maximum absolute atomic E-state index is 12.2. The molecule has 1 spiro atoms. The minimum atomic E-state index is -0.000103. The van der Waals surface area contributed by atoms with Gasteiger partial charge in [-0.2, -0.15) is 0 Å². The molecule has 1 atom stereocenters. The van der Waals surface area contributed by atoms with Crippen molar-refractivity contribution in [1.82, 2.24) is 19.9 Å². The highest BCUT2D eigenvalue weighted by Gasteiger charge is 2.51. The van der Waals surface area contributed by atoms with E-state index in [4.69, 9.17) is 0 Å². The number of carbonyl (C=O) groups excluding carboxylic acids is 1. The highest BCUT2D eigenvalue weighted by atomic mass is 31.0. The average Bonchev–Trinajstić information content (AvgIpc) is 3.14. The summed E-state index contributed by atoms with van der Waals surface area (Å²) in [5.74, 6) is 2.92. The summed E-state index contributed by atoms with van der Waals surface area (Å²) in [5, 5.41) is 1.05. The van der Waals surface area contributed by atoms with E-state index in [0.29, 0.717) is 6.42 Å². The van der Waals surface area contributed by atoms with E-state index in [9.17, 15) is 4.79 Å². The Morgan fingerprint density at radius 2 is 2.27 bits per heavy atom. The first-order valence-electron chi connectivity index (χ1n) is 7.56. The molecule has 0 bridgehead atoms. The van der Waals surface area contributed by atoms with E-state index in [0.717, 1.165) is 49.3 Å². The Balaban J connectivity index is 1.59. The van der Waals surface area contributed by atoms with E-state index >= 15 is 0 Å². The number of hydrogen-bond donors (Lipinski definition) is 1. The summed E-state index contributed by atoms with van der Waals surface area (Å²) in [6.07, 6.45) is 6.03. The number of anilines is 1. The molecule has 0 aromatic carbocycles. The minimum absolute atomic E-state index is 0.000103. The number of H-pyrrole nitrogens is 1. The molecule has 0 radical (unpaired) electrons. The van der Waals surface area contributed by atoms with Gasteiger partial charge in [0, 0.05) is 32.3 Å². The lowest BCUT2D eigenvalue weighted by atomic mass is 9.83. The third-order valence-corrected chi connectivity index (χ3v) is 5.12. The molecule has 2 aliphatic heterocycles. The fourth-order valence-corrected chi connectivity index (χ4v) is 3.87. The van der Waals surface area contributed by atoms with Gasteiger partial charge < -0.3 is 14.8 Å². The molecule has 22 heavy (non-hydrogen) atoms. The largest absolute Gasteiger partial charge is 0.354 e. The average molecular weight is 315 g/mol. The first kappa shape index (κ1) is 13.7. The number of aromatic nitrogens is 3.